The Labute approximate surface area is 163 Å². The third-order valence-electron chi connectivity index (χ3n) is 4.94. The molecule has 7 heteroatoms. The zero-order chi connectivity index (χ0) is 19.3. The summed E-state index contributed by atoms with van der Waals surface area (Å²) in [4.78, 5) is 13.4. The highest BCUT2D eigenvalue weighted by Gasteiger charge is 2.20. The molecule has 1 saturated carbocycles. The van der Waals surface area contributed by atoms with Gasteiger partial charge in [-0.05, 0) is 56.4 Å². The molecule has 1 fully saturated rings. The molecule has 1 aliphatic heterocycles. The number of ether oxygens (including phenoxy) is 2. The van der Waals surface area contributed by atoms with Crippen LogP contribution in [0.1, 0.15) is 49.8 Å². The van der Waals surface area contributed by atoms with Crippen LogP contribution < -0.4 is 10.5 Å². The summed E-state index contributed by atoms with van der Waals surface area (Å²) in [5.41, 5.74) is 8.52. The summed E-state index contributed by atoms with van der Waals surface area (Å²) in [6, 6.07) is 3.97. The number of nitrogens with zero attached hydrogens (tertiary/aromatic N) is 3. The molecule has 2 aromatic rings. The number of nitrogens with two attached hydrogens (primary N) is 1. The molecule has 2 aromatic heterocycles. The SMILES string of the molecule is N=Cc1cc(-c2ccnc(OC3CCCCC3)n2)c(C2=CCC=CO2)nc1N. The van der Waals surface area contributed by atoms with Crippen molar-refractivity contribution in [1.82, 2.24) is 15.0 Å². The number of hydrogen-bond donors (Lipinski definition) is 2. The van der Waals surface area contributed by atoms with E-state index in [1.807, 2.05) is 12.2 Å². The minimum atomic E-state index is 0.166. The third-order valence-corrected chi connectivity index (χ3v) is 4.94. The second kappa shape index (κ2) is 8.21. The smallest absolute Gasteiger partial charge is 0.317 e. The normalized spacial score (nSPS) is 16.9. The topological polar surface area (TPSA) is 107 Å². The fraction of sp³-hybridized carbons (Fsp3) is 0.333. The van der Waals surface area contributed by atoms with Gasteiger partial charge in [0, 0.05) is 23.5 Å². The van der Waals surface area contributed by atoms with E-state index in [2.05, 4.69) is 15.0 Å². The zero-order valence-electron chi connectivity index (χ0n) is 15.6. The molecule has 0 saturated heterocycles. The van der Waals surface area contributed by atoms with E-state index in [1.54, 1.807) is 24.6 Å². The number of nitrogen functional groups attached to an aromatic ring is 1. The van der Waals surface area contributed by atoms with Crippen molar-refractivity contribution >= 4 is 17.8 Å². The second-order valence-corrected chi connectivity index (χ2v) is 6.90. The fourth-order valence-corrected chi connectivity index (χ4v) is 3.47. The molecule has 1 aliphatic carbocycles. The number of nitrogens with one attached hydrogen (secondary N) is 1. The van der Waals surface area contributed by atoms with Gasteiger partial charge in [-0.1, -0.05) is 6.42 Å². The lowest BCUT2D eigenvalue weighted by molar-refractivity contribution is 0.142. The molecule has 3 heterocycles. The van der Waals surface area contributed by atoms with Gasteiger partial charge in [0.15, 0.2) is 0 Å². The molecule has 144 valence electrons. The molecule has 0 aromatic carbocycles. The number of pyridine rings is 1. The van der Waals surface area contributed by atoms with Crippen molar-refractivity contribution in [3.8, 4) is 17.3 Å². The van der Waals surface area contributed by atoms with Crippen molar-refractivity contribution < 1.29 is 9.47 Å². The standard InChI is InChI=1S/C21H23N5O2/c22-13-14-12-16(19(26-20(14)23)18-8-4-5-11-27-18)17-9-10-24-21(25-17)28-15-6-2-1-3-7-15/h5,8-13,15,22H,1-4,6-7H2,(H2,23,26). The van der Waals surface area contributed by atoms with Crippen molar-refractivity contribution in [3.05, 3.63) is 48.0 Å². The summed E-state index contributed by atoms with van der Waals surface area (Å²) in [6.45, 7) is 0. The summed E-state index contributed by atoms with van der Waals surface area (Å²) in [5.74, 6) is 0.898. The lowest BCUT2D eigenvalue weighted by atomic mass is 9.98. The van der Waals surface area contributed by atoms with E-state index in [-0.39, 0.29) is 11.9 Å². The second-order valence-electron chi connectivity index (χ2n) is 6.90. The van der Waals surface area contributed by atoms with Crippen LogP contribution in [0.25, 0.3) is 17.0 Å². The Balaban J connectivity index is 1.72. The Hall–Kier alpha value is -3.22. The van der Waals surface area contributed by atoms with Crippen LogP contribution in [0.5, 0.6) is 6.01 Å². The monoisotopic (exact) mass is 377 g/mol. The van der Waals surface area contributed by atoms with Crippen molar-refractivity contribution in [3.63, 3.8) is 0 Å². The highest BCUT2D eigenvalue weighted by atomic mass is 16.5. The van der Waals surface area contributed by atoms with Crippen molar-refractivity contribution in [1.29, 1.82) is 5.41 Å². The van der Waals surface area contributed by atoms with Gasteiger partial charge in [-0.25, -0.2) is 9.97 Å². The van der Waals surface area contributed by atoms with E-state index in [1.165, 1.54) is 25.5 Å². The van der Waals surface area contributed by atoms with E-state index in [0.29, 0.717) is 28.7 Å². The summed E-state index contributed by atoms with van der Waals surface area (Å²) >= 11 is 0. The summed E-state index contributed by atoms with van der Waals surface area (Å²) in [6.07, 6.45) is 15.0. The maximum atomic E-state index is 7.61. The number of hydrogen-bond acceptors (Lipinski definition) is 7. The van der Waals surface area contributed by atoms with Gasteiger partial charge in [-0.2, -0.15) is 4.98 Å². The highest BCUT2D eigenvalue weighted by Crippen LogP contribution is 2.32. The van der Waals surface area contributed by atoms with E-state index in [4.69, 9.17) is 20.6 Å². The molecule has 2 aliphatic rings. The number of anilines is 1. The maximum Gasteiger partial charge on any atom is 0.317 e. The van der Waals surface area contributed by atoms with Crippen LogP contribution >= 0.6 is 0 Å². The van der Waals surface area contributed by atoms with Crippen molar-refractivity contribution in [2.75, 3.05) is 5.73 Å². The van der Waals surface area contributed by atoms with Gasteiger partial charge in [0.1, 0.15) is 23.4 Å². The van der Waals surface area contributed by atoms with E-state index in [9.17, 15) is 0 Å². The Morgan fingerprint density at radius 3 is 2.82 bits per heavy atom. The van der Waals surface area contributed by atoms with Crippen LogP contribution in [0.15, 0.2) is 36.7 Å². The van der Waals surface area contributed by atoms with Crippen LogP contribution in [-0.2, 0) is 4.74 Å². The third kappa shape index (κ3) is 3.88. The van der Waals surface area contributed by atoms with Crippen LogP contribution in [0.4, 0.5) is 5.82 Å². The number of aromatic nitrogens is 3. The summed E-state index contributed by atoms with van der Waals surface area (Å²) in [7, 11) is 0. The van der Waals surface area contributed by atoms with Crippen LogP contribution in [0, 0.1) is 5.41 Å². The molecular formula is C21H23N5O2. The van der Waals surface area contributed by atoms with Crippen LogP contribution in [0.2, 0.25) is 0 Å². The van der Waals surface area contributed by atoms with Gasteiger partial charge in [0.25, 0.3) is 0 Å². The summed E-state index contributed by atoms with van der Waals surface area (Å²) in [5, 5.41) is 7.61. The minimum absolute atomic E-state index is 0.166. The predicted octanol–water partition coefficient (Wildman–Crippen LogP) is 4.10. The molecule has 0 amide bonds. The van der Waals surface area contributed by atoms with Gasteiger partial charge < -0.3 is 20.6 Å². The maximum absolute atomic E-state index is 7.61. The fourth-order valence-electron chi connectivity index (χ4n) is 3.47. The first kappa shape index (κ1) is 18.2. The summed E-state index contributed by atoms with van der Waals surface area (Å²) < 4.78 is 11.7. The Morgan fingerprint density at radius 2 is 2.07 bits per heavy atom. The van der Waals surface area contributed by atoms with E-state index >= 15 is 0 Å². The largest absolute Gasteiger partial charge is 0.463 e. The molecule has 0 unspecified atom stereocenters. The first-order valence-electron chi connectivity index (χ1n) is 9.58. The average molecular weight is 377 g/mol. The Kier molecular flexibility index (Phi) is 5.32. The lowest BCUT2D eigenvalue weighted by Gasteiger charge is -2.22. The number of rotatable bonds is 5. The Morgan fingerprint density at radius 1 is 1.21 bits per heavy atom. The molecule has 28 heavy (non-hydrogen) atoms. The average Bonchev–Trinajstić information content (AvgIpc) is 2.75. The number of allylic oxidation sites excluding steroid dienone is 2. The molecule has 0 spiro atoms. The molecular weight excluding hydrogens is 354 g/mol. The highest BCUT2D eigenvalue weighted by molar-refractivity contribution is 5.88. The lowest BCUT2D eigenvalue weighted by Crippen LogP contribution is -2.20. The Bertz CT molecular complexity index is 932. The minimum Gasteiger partial charge on any atom is -0.463 e. The quantitative estimate of drug-likeness (QED) is 0.760. The van der Waals surface area contributed by atoms with Crippen LogP contribution in [0.3, 0.4) is 0 Å². The first-order chi connectivity index (χ1) is 13.7. The molecule has 7 nitrogen and oxygen atoms in total. The molecule has 0 atom stereocenters. The van der Waals surface area contributed by atoms with Gasteiger partial charge in [-0.15, -0.1) is 0 Å². The van der Waals surface area contributed by atoms with Crippen molar-refractivity contribution in [2.24, 2.45) is 0 Å². The van der Waals surface area contributed by atoms with Crippen molar-refractivity contribution in [2.45, 2.75) is 44.6 Å². The van der Waals surface area contributed by atoms with Gasteiger partial charge in [0.2, 0.25) is 0 Å². The van der Waals surface area contributed by atoms with E-state index < -0.39 is 0 Å². The van der Waals surface area contributed by atoms with Gasteiger partial charge in [-0.3, -0.25) is 0 Å². The van der Waals surface area contributed by atoms with Gasteiger partial charge in [0.05, 0.1) is 12.0 Å². The molecule has 3 N–H and O–H groups in total. The first-order valence-corrected chi connectivity index (χ1v) is 9.58. The predicted molar refractivity (Wildman–Crippen MR) is 108 cm³/mol. The molecule has 4 rings (SSSR count). The molecule has 0 bridgehead atoms. The molecule has 0 radical (unpaired) electrons. The van der Waals surface area contributed by atoms with E-state index in [0.717, 1.165) is 24.8 Å². The van der Waals surface area contributed by atoms with Gasteiger partial charge >= 0.3 is 6.01 Å². The van der Waals surface area contributed by atoms with Crippen LogP contribution in [-0.4, -0.2) is 27.3 Å². The zero-order valence-corrected chi connectivity index (χ0v) is 15.6.